The van der Waals surface area contributed by atoms with E-state index in [0.29, 0.717) is 5.02 Å². The molecule has 0 amide bonds. The van der Waals surface area contributed by atoms with E-state index in [-0.39, 0.29) is 0 Å². The van der Waals surface area contributed by atoms with Gasteiger partial charge in [-0.15, -0.1) is 0 Å². The lowest BCUT2D eigenvalue weighted by Crippen LogP contribution is -1.94. The normalized spacial score (nSPS) is 11.4. The van der Waals surface area contributed by atoms with Crippen molar-refractivity contribution in [1.82, 2.24) is 4.98 Å². The first-order valence-electron chi connectivity index (χ1n) is 7.63. The van der Waals surface area contributed by atoms with Crippen LogP contribution in [0.1, 0.15) is 5.56 Å². The molecule has 4 aromatic rings. The molecule has 1 aromatic heterocycles. The van der Waals surface area contributed by atoms with Crippen LogP contribution in [0.25, 0.3) is 21.8 Å². The maximum absolute atomic E-state index is 6.00. The molecule has 1 heterocycles. The maximum Gasteiger partial charge on any atom is 0.0716 e. The summed E-state index contributed by atoms with van der Waals surface area (Å²) in [6.45, 7) is 0. The third-order valence-corrected chi connectivity index (χ3v) is 4.08. The van der Waals surface area contributed by atoms with E-state index >= 15 is 0 Å². The maximum atomic E-state index is 6.00. The first-order valence-corrected chi connectivity index (χ1v) is 8.01. The van der Waals surface area contributed by atoms with Crippen molar-refractivity contribution in [1.29, 1.82) is 0 Å². The highest BCUT2D eigenvalue weighted by Crippen LogP contribution is 2.24. The molecule has 3 aromatic carbocycles. The molecule has 1 N–H and O–H groups in total. The molecule has 0 atom stereocenters. The van der Waals surface area contributed by atoms with Gasteiger partial charge in [0.15, 0.2) is 0 Å². The van der Waals surface area contributed by atoms with Gasteiger partial charge < -0.3 is 0 Å². The van der Waals surface area contributed by atoms with Gasteiger partial charge in [-0.05, 0) is 30.3 Å². The number of aromatic nitrogens is 1. The van der Waals surface area contributed by atoms with Gasteiger partial charge in [0.05, 0.1) is 22.9 Å². The number of benzene rings is 3. The predicted molar refractivity (Wildman–Crippen MR) is 102 cm³/mol. The number of anilines is 1. The number of hydrazone groups is 1. The van der Waals surface area contributed by atoms with Gasteiger partial charge in [0.25, 0.3) is 0 Å². The van der Waals surface area contributed by atoms with E-state index in [1.165, 1.54) is 0 Å². The number of hydrogen-bond acceptors (Lipinski definition) is 3. The molecule has 0 aliphatic rings. The predicted octanol–water partition coefficient (Wildman–Crippen LogP) is 5.49. The van der Waals surface area contributed by atoms with Crippen LogP contribution in [0, 0.1) is 0 Å². The van der Waals surface area contributed by atoms with Crippen LogP contribution in [-0.4, -0.2) is 11.2 Å². The highest BCUT2D eigenvalue weighted by molar-refractivity contribution is 6.30. The second-order valence-electron chi connectivity index (χ2n) is 5.44. The summed E-state index contributed by atoms with van der Waals surface area (Å²) in [7, 11) is 0. The van der Waals surface area contributed by atoms with Gasteiger partial charge in [-0.25, -0.2) is 4.98 Å². The van der Waals surface area contributed by atoms with E-state index in [4.69, 9.17) is 16.6 Å². The number of fused-ring (bicyclic) bond motifs is 2. The van der Waals surface area contributed by atoms with Crippen LogP contribution >= 0.6 is 11.6 Å². The summed E-state index contributed by atoms with van der Waals surface area (Å²) in [6.07, 6.45) is 1.84. The summed E-state index contributed by atoms with van der Waals surface area (Å²) in [4.78, 5) is 4.72. The number of pyridine rings is 1. The van der Waals surface area contributed by atoms with E-state index in [9.17, 15) is 0 Å². The average Bonchev–Trinajstić information content (AvgIpc) is 2.61. The SMILES string of the molecule is Clc1cccc(NN=Cc2c3ccccc3nc3ccccc23)c1. The van der Waals surface area contributed by atoms with Crippen LogP contribution in [-0.2, 0) is 0 Å². The molecular weight excluding hydrogens is 318 g/mol. The minimum atomic E-state index is 0.676. The summed E-state index contributed by atoms with van der Waals surface area (Å²) in [5.41, 5.74) is 6.84. The largest absolute Gasteiger partial charge is 0.278 e. The minimum absolute atomic E-state index is 0.676. The number of rotatable bonds is 3. The van der Waals surface area contributed by atoms with Crippen molar-refractivity contribution in [3.05, 3.63) is 83.4 Å². The molecule has 0 radical (unpaired) electrons. The van der Waals surface area contributed by atoms with Crippen molar-refractivity contribution in [2.45, 2.75) is 0 Å². The summed E-state index contributed by atoms with van der Waals surface area (Å²) in [5, 5.41) is 7.22. The third kappa shape index (κ3) is 2.82. The lowest BCUT2D eigenvalue weighted by Gasteiger charge is -2.07. The zero-order chi connectivity index (χ0) is 16.4. The van der Waals surface area contributed by atoms with Crippen molar-refractivity contribution < 1.29 is 0 Å². The van der Waals surface area contributed by atoms with Gasteiger partial charge in [0.2, 0.25) is 0 Å². The average molecular weight is 332 g/mol. The topological polar surface area (TPSA) is 37.3 Å². The molecule has 0 saturated heterocycles. The molecule has 0 aliphatic heterocycles. The third-order valence-electron chi connectivity index (χ3n) is 3.84. The lowest BCUT2D eigenvalue weighted by molar-refractivity contribution is 1.35. The Bertz CT molecular complexity index is 1000. The molecule has 3 nitrogen and oxygen atoms in total. The van der Waals surface area contributed by atoms with Crippen LogP contribution in [0.5, 0.6) is 0 Å². The van der Waals surface area contributed by atoms with E-state index < -0.39 is 0 Å². The molecule has 24 heavy (non-hydrogen) atoms. The Hall–Kier alpha value is -2.91. The van der Waals surface area contributed by atoms with Crippen molar-refractivity contribution in [3.8, 4) is 0 Å². The molecule has 116 valence electrons. The Kier molecular flexibility index (Phi) is 3.85. The van der Waals surface area contributed by atoms with Crippen molar-refractivity contribution in [2.24, 2.45) is 5.10 Å². The van der Waals surface area contributed by atoms with Gasteiger partial charge in [0, 0.05) is 21.4 Å². The first kappa shape index (κ1) is 14.7. The van der Waals surface area contributed by atoms with Gasteiger partial charge in [0.1, 0.15) is 0 Å². The molecule has 4 heteroatoms. The Morgan fingerprint density at radius 2 is 1.50 bits per heavy atom. The van der Waals surface area contributed by atoms with Crippen molar-refractivity contribution in [2.75, 3.05) is 5.43 Å². The van der Waals surface area contributed by atoms with Gasteiger partial charge in [-0.3, -0.25) is 5.43 Å². The zero-order valence-electron chi connectivity index (χ0n) is 12.8. The number of hydrogen-bond donors (Lipinski definition) is 1. The molecule has 0 saturated carbocycles. The van der Waals surface area contributed by atoms with E-state index in [2.05, 4.69) is 22.7 Å². The van der Waals surface area contributed by atoms with E-state index in [1.807, 2.05) is 66.9 Å². The number of nitrogens with zero attached hydrogens (tertiary/aromatic N) is 2. The fraction of sp³-hybridized carbons (Fsp3) is 0. The highest BCUT2D eigenvalue weighted by Gasteiger charge is 2.06. The van der Waals surface area contributed by atoms with E-state index in [1.54, 1.807) is 0 Å². The smallest absolute Gasteiger partial charge is 0.0716 e. The lowest BCUT2D eigenvalue weighted by atomic mass is 10.0. The second-order valence-corrected chi connectivity index (χ2v) is 5.88. The monoisotopic (exact) mass is 331 g/mol. The van der Waals surface area contributed by atoms with Crippen LogP contribution in [0.4, 0.5) is 5.69 Å². The summed E-state index contributed by atoms with van der Waals surface area (Å²) in [5.74, 6) is 0. The fourth-order valence-electron chi connectivity index (χ4n) is 2.74. The van der Waals surface area contributed by atoms with Crippen LogP contribution in [0.2, 0.25) is 5.02 Å². The zero-order valence-corrected chi connectivity index (χ0v) is 13.5. The van der Waals surface area contributed by atoms with Gasteiger partial charge in [-0.1, -0.05) is 54.1 Å². The first-order chi connectivity index (χ1) is 11.8. The molecule has 0 spiro atoms. The summed E-state index contributed by atoms with van der Waals surface area (Å²) < 4.78 is 0. The number of nitrogens with one attached hydrogen (secondary N) is 1. The standard InChI is InChI=1S/C20H14ClN3/c21-14-6-5-7-15(12-14)24-22-13-18-16-8-1-3-10-19(16)23-20-11-4-2-9-17(18)20/h1-13,24H. The highest BCUT2D eigenvalue weighted by atomic mass is 35.5. The molecule has 0 aliphatic carbocycles. The Labute approximate surface area is 144 Å². The number of halogens is 1. The molecule has 0 bridgehead atoms. The van der Waals surface area contributed by atoms with Gasteiger partial charge >= 0.3 is 0 Å². The van der Waals surface area contributed by atoms with Gasteiger partial charge in [-0.2, -0.15) is 5.10 Å². The van der Waals surface area contributed by atoms with Crippen LogP contribution in [0.15, 0.2) is 77.9 Å². The Balaban J connectivity index is 1.80. The van der Waals surface area contributed by atoms with Crippen LogP contribution in [0.3, 0.4) is 0 Å². The molecular formula is C20H14ClN3. The summed E-state index contributed by atoms with van der Waals surface area (Å²) in [6, 6.07) is 23.7. The van der Waals surface area contributed by atoms with Crippen molar-refractivity contribution >= 4 is 45.3 Å². The Morgan fingerprint density at radius 3 is 2.17 bits per heavy atom. The number of para-hydroxylation sites is 2. The Morgan fingerprint density at radius 1 is 0.833 bits per heavy atom. The molecule has 4 rings (SSSR count). The second kappa shape index (κ2) is 6.30. The molecule has 0 fully saturated rings. The van der Waals surface area contributed by atoms with Crippen LogP contribution < -0.4 is 5.43 Å². The molecule has 0 unspecified atom stereocenters. The van der Waals surface area contributed by atoms with Crippen molar-refractivity contribution in [3.63, 3.8) is 0 Å². The minimum Gasteiger partial charge on any atom is -0.278 e. The quantitative estimate of drug-likeness (QED) is 0.306. The summed E-state index contributed by atoms with van der Waals surface area (Å²) >= 11 is 6.00. The fourth-order valence-corrected chi connectivity index (χ4v) is 2.93. The van der Waals surface area contributed by atoms with E-state index in [0.717, 1.165) is 33.1 Å².